The van der Waals surface area contributed by atoms with E-state index < -0.39 is 7.92 Å². The van der Waals surface area contributed by atoms with Crippen molar-refractivity contribution in [3.8, 4) is 0 Å². The SMILES string of the molecule is [CH2]c1ccccc1P(c1ccccc1C)c1ccccc1C.[Pd]. The Morgan fingerprint density at radius 3 is 1.43 bits per heavy atom. The molecule has 0 aliphatic heterocycles. The zero-order valence-electron chi connectivity index (χ0n) is 13.4. The fourth-order valence-electron chi connectivity index (χ4n) is 2.75. The van der Waals surface area contributed by atoms with Gasteiger partial charge in [-0.3, -0.25) is 0 Å². The summed E-state index contributed by atoms with van der Waals surface area (Å²) in [5.74, 6) is 0. The molecule has 23 heavy (non-hydrogen) atoms. The number of aryl methyl sites for hydroxylation is 2. The number of hydrogen-bond acceptors (Lipinski definition) is 0. The van der Waals surface area contributed by atoms with Gasteiger partial charge < -0.3 is 0 Å². The molecule has 0 aromatic heterocycles. The van der Waals surface area contributed by atoms with E-state index in [0.717, 1.165) is 5.56 Å². The van der Waals surface area contributed by atoms with Gasteiger partial charge in [0.05, 0.1) is 0 Å². The van der Waals surface area contributed by atoms with Crippen LogP contribution in [0.15, 0.2) is 72.8 Å². The van der Waals surface area contributed by atoms with Crippen LogP contribution in [0.5, 0.6) is 0 Å². The molecule has 3 aromatic rings. The van der Waals surface area contributed by atoms with Crippen molar-refractivity contribution in [3.05, 3.63) is 96.4 Å². The van der Waals surface area contributed by atoms with E-state index in [1.165, 1.54) is 27.0 Å². The number of benzene rings is 3. The Morgan fingerprint density at radius 1 is 0.609 bits per heavy atom. The van der Waals surface area contributed by atoms with Crippen molar-refractivity contribution in [2.24, 2.45) is 0 Å². The molecule has 0 unspecified atom stereocenters. The third kappa shape index (κ3) is 3.81. The van der Waals surface area contributed by atoms with Crippen LogP contribution in [0.3, 0.4) is 0 Å². The van der Waals surface area contributed by atoms with Crippen LogP contribution >= 0.6 is 7.92 Å². The molecule has 0 N–H and O–H groups in total. The molecule has 0 amide bonds. The minimum Gasteiger partial charge on any atom is -0.0620 e. The van der Waals surface area contributed by atoms with E-state index in [0.29, 0.717) is 0 Å². The largest absolute Gasteiger partial charge is 0.0620 e. The second-order valence-corrected chi connectivity index (χ2v) is 7.65. The molecule has 0 nitrogen and oxygen atoms in total. The molecular formula is C21H20PPd. The minimum atomic E-state index is -0.571. The summed E-state index contributed by atoms with van der Waals surface area (Å²) in [5, 5.41) is 4.19. The van der Waals surface area contributed by atoms with E-state index in [2.05, 4.69) is 93.6 Å². The first-order valence-electron chi connectivity index (χ1n) is 7.51. The quantitative estimate of drug-likeness (QED) is 0.448. The Bertz CT molecular complexity index is 687. The summed E-state index contributed by atoms with van der Waals surface area (Å²) in [6, 6.07) is 26.0. The molecular weight excluding hydrogens is 390 g/mol. The Labute approximate surface area is 154 Å². The molecule has 3 aromatic carbocycles. The van der Waals surface area contributed by atoms with Crippen molar-refractivity contribution < 1.29 is 20.4 Å². The van der Waals surface area contributed by atoms with Gasteiger partial charge in [-0.05, 0) is 61.3 Å². The van der Waals surface area contributed by atoms with Gasteiger partial charge in [-0.25, -0.2) is 0 Å². The topological polar surface area (TPSA) is 0 Å². The van der Waals surface area contributed by atoms with E-state index in [1.54, 1.807) is 0 Å². The first kappa shape index (κ1) is 18.1. The molecule has 0 heterocycles. The van der Waals surface area contributed by atoms with Crippen LogP contribution in [0.2, 0.25) is 0 Å². The van der Waals surface area contributed by atoms with E-state index in [4.69, 9.17) is 0 Å². The van der Waals surface area contributed by atoms with Crippen LogP contribution in [-0.4, -0.2) is 0 Å². The summed E-state index contributed by atoms with van der Waals surface area (Å²) in [4.78, 5) is 0. The summed E-state index contributed by atoms with van der Waals surface area (Å²) >= 11 is 0. The minimum absolute atomic E-state index is 0. The summed E-state index contributed by atoms with van der Waals surface area (Å²) in [6.07, 6.45) is 0. The summed E-state index contributed by atoms with van der Waals surface area (Å²) in [5.41, 5.74) is 3.82. The van der Waals surface area contributed by atoms with Gasteiger partial charge in [0.1, 0.15) is 0 Å². The van der Waals surface area contributed by atoms with Crippen molar-refractivity contribution in [1.82, 2.24) is 0 Å². The monoisotopic (exact) mass is 409 g/mol. The molecule has 0 atom stereocenters. The van der Waals surface area contributed by atoms with Crippen molar-refractivity contribution >= 4 is 23.8 Å². The van der Waals surface area contributed by atoms with Crippen LogP contribution in [0.4, 0.5) is 0 Å². The first-order chi connectivity index (χ1) is 10.7. The Hall–Kier alpha value is -1.25. The molecule has 119 valence electrons. The molecule has 0 spiro atoms. The molecule has 0 aliphatic rings. The maximum absolute atomic E-state index is 4.27. The van der Waals surface area contributed by atoms with Gasteiger partial charge in [0.2, 0.25) is 0 Å². The van der Waals surface area contributed by atoms with Crippen molar-refractivity contribution in [1.29, 1.82) is 0 Å². The smallest absolute Gasteiger partial charge is 0 e. The van der Waals surface area contributed by atoms with E-state index in [-0.39, 0.29) is 20.4 Å². The van der Waals surface area contributed by atoms with Gasteiger partial charge in [0, 0.05) is 20.4 Å². The standard InChI is InChI=1S/C21H20P.Pd/c1-16-10-4-7-13-19(16)22(20-14-8-5-11-17(20)2)21-15-9-6-12-18(21)3;/h4-15H,1H2,2-3H3;. The molecule has 0 aliphatic carbocycles. The Morgan fingerprint density at radius 2 is 1.00 bits per heavy atom. The third-order valence-corrected chi connectivity index (χ3v) is 6.83. The molecule has 0 saturated carbocycles. The average molecular weight is 410 g/mol. The van der Waals surface area contributed by atoms with Gasteiger partial charge in [-0.2, -0.15) is 0 Å². The Balaban J connectivity index is 0.00000192. The van der Waals surface area contributed by atoms with Gasteiger partial charge in [0.15, 0.2) is 0 Å². The fraction of sp³-hybridized carbons (Fsp3) is 0.0952. The maximum atomic E-state index is 4.27. The predicted octanol–water partition coefficient (Wildman–Crippen LogP) is 4.24. The van der Waals surface area contributed by atoms with E-state index >= 15 is 0 Å². The maximum Gasteiger partial charge on any atom is 0 e. The summed E-state index contributed by atoms with van der Waals surface area (Å²) in [7, 11) is -0.571. The zero-order chi connectivity index (χ0) is 15.5. The first-order valence-corrected chi connectivity index (χ1v) is 8.85. The number of rotatable bonds is 3. The predicted molar refractivity (Wildman–Crippen MR) is 99.1 cm³/mol. The molecule has 1 radical (unpaired) electrons. The van der Waals surface area contributed by atoms with Crippen LogP contribution in [-0.2, 0) is 20.4 Å². The van der Waals surface area contributed by atoms with Crippen LogP contribution in [0.25, 0.3) is 0 Å². The fourth-order valence-corrected chi connectivity index (χ4v) is 5.45. The average Bonchev–Trinajstić information content (AvgIpc) is 2.53. The number of hydrogen-bond donors (Lipinski definition) is 0. The second kappa shape index (κ2) is 8.03. The molecule has 0 fully saturated rings. The Kier molecular flexibility index (Phi) is 6.32. The molecule has 0 saturated heterocycles. The van der Waals surface area contributed by atoms with Crippen molar-refractivity contribution in [2.45, 2.75) is 13.8 Å². The second-order valence-electron chi connectivity index (χ2n) is 5.54. The molecule has 2 heteroatoms. The van der Waals surface area contributed by atoms with Crippen molar-refractivity contribution in [3.63, 3.8) is 0 Å². The third-order valence-electron chi connectivity index (χ3n) is 3.95. The van der Waals surface area contributed by atoms with Gasteiger partial charge in [-0.1, -0.05) is 72.8 Å². The van der Waals surface area contributed by atoms with Crippen LogP contribution < -0.4 is 15.9 Å². The molecule has 0 bridgehead atoms. The van der Waals surface area contributed by atoms with Crippen LogP contribution in [0.1, 0.15) is 16.7 Å². The van der Waals surface area contributed by atoms with Gasteiger partial charge in [0.25, 0.3) is 0 Å². The van der Waals surface area contributed by atoms with E-state index in [9.17, 15) is 0 Å². The van der Waals surface area contributed by atoms with E-state index in [1.807, 2.05) is 0 Å². The summed E-state index contributed by atoms with van der Waals surface area (Å²) in [6.45, 7) is 8.67. The zero-order valence-corrected chi connectivity index (χ0v) is 15.8. The normalized spacial score (nSPS) is 10.4. The van der Waals surface area contributed by atoms with Gasteiger partial charge in [-0.15, -0.1) is 0 Å². The van der Waals surface area contributed by atoms with Crippen LogP contribution in [0, 0.1) is 20.8 Å². The molecule has 3 rings (SSSR count). The van der Waals surface area contributed by atoms with Gasteiger partial charge >= 0.3 is 0 Å². The summed E-state index contributed by atoms with van der Waals surface area (Å²) < 4.78 is 0. The van der Waals surface area contributed by atoms with Crippen molar-refractivity contribution in [2.75, 3.05) is 0 Å².